The van der Waals surface area contributed by atoms with Crippen LogP contribution in [0, 0.1) is 23.7 Å². The van der Waals surface area contributed by atoms with E-state index >= 15 is 0 Å². The molecule has 2 saturated carbocycles. The molecule has 7 heteroatoms. The smallest absolute Gasteiger partial charge is 0.289 e. The molecule has 0 spiro atoms. The Morgan fingerprint density at radius 2 is 1.64 bits per heavy atom. The maximum absolute atomic E-state index is 12.9. The van der Waals surface area contributed by atoms with Crippen molar-refractivity contribution in [3.63, 3.8) is 0 Å². The molecule has 7 nitrogen and oxygen atoms in total. The summed E-state index contributed by atoms with van der Waals surface area (Å²) in [6, 6.07) is 3.29. The zero-order valence-electron chi connectivity index (χ0n) is 13.9. The molecule has 3 fully saturated rings. The molecule has 0 radical (unpaired) electrons. The number of aliphatic carboxylic acids is 1. The highest BCUT2D eigenvalue weighted by molar-refractivity contribution is 5.92. The summed E-state index contributed by atoms with van der Waals surface area (Å²) in [6.07, 6.45) is 4.11. The summed E-state index contributed by atoms with van der Waals surface area (Å²) in [5, 5.41) is 11.5. The second kappa shape index (κ2) is 6.20. The van der Waals surface area contributed by atoms with E-state index in [1.165, 1.54) is 6.26 Å². The van der Waals surface area contributed by atoms with Crippen molar-refractivity contribution in [1.29, 1.82) is 0 Å². The van der Waals surface area contributed by atoms with E-state index in [1.54, 1.807) is 21.9 Å². The number of rotatable bonds is 3. The molecule has 1 aromatic heterocycles. The molecule has 2 bridgehead atoms. The van der Waals surface area contributed by atoms with Crippen LogP contribution in [0.2, 0.25) is 0 Å². The van der Waals surface area contributed by atoms with Gasteiger partial charge in [-0.15, -0.1) is 0 Å². The van der Waals surface area contributed by atoms with Crippen LogP contribution in [0.3, 0.4) is 0 Å². The first-order chi connectivity index (χ1) is 12.1. The van der Waals surface area contributed by atoms with E-state index in [9.17, 15) is 19.5 Å². The quantitative estimate of drug-likeness (QED) is 0.767. The number of carboxylic acid groups (broad SMARTS) is 1. The standard InChI is InChI=1S/C18H22N2O5/c21-16(13-2-1-9-25-13)19-5-7-20(8-6-19)17(22)14-11-3-4-12(10-11)15(14)18(23)24/h1-2,9,11-12,14-15H,3-8,10H2,(H,23,24)/p-1/t11-,12-,14-,15+/m1/s1. The van der Waals surface area contributed by atoms with E-state index in [0.29, 0.717) is 31.9 Å². The van der Waals surface area contributed by atoms with E-state index in [1.807, 2.05) is 0 Å². The van der Waals surface area contributed by atoms with Crippen LogP contribution in [-0.4, -0.2) is 53.8 Å². The average molecular weight is 345 g/mol. The SMILES string of the molecule is O=C([O-])[C@H]1[C@@H]2CC[C@H](C2)[C@H]1C(=O)N1CCN(C(=O)c2ccco2)CC1. The fourth-order valence-electron chi connectivity index (χ4n) is 4.88. The highest BCUT2D eigenvalue weighted by Gasteiger charge is 2.52. The van der Waals surface area contributed by atoms with Gasteiger partial charge in [0.1, 0.15) is 0 Å². The Kier molecular flexibility index (Phi) is 4.01. The topological polar surface area (TPSA) is 93.9 Å². The average Bonchev–Trinajstić information content (AvgIpc) is 3.36. The zero-order valence-corrected chi connectivity index (χ0v) is 13.9. The van der Waals surface area contributed by atoms with Crippen molar-refractivity contribution in [1.82, 2.24) is 9.80 Å². The Balaban J connectivity index is 1.40. The molecule has 2 amide bonds. The molecule has 3 aliphatic rings. The monoisotopic (exact) mass is 345 g/mol. The van der Waals surface area contributed by atoms with Gasteiger partial charge in [-0.2, -0.15) is 0 Å². The summed E-state index contributed by atoms with van der Waals surface area (Å²) in [4.78, 5) is 40.1. The number of hydrogen-bond donors (Lipinski definition) is 0. The van der Waals surface area contributed by atoms with Gasteiger partial charge in [0.05, 0.1) is 6.26 Å². The third-order valence-electron chi connectivity index (χ3n) is 6.08. The largest absolute Gasteiger partial charge is 0.550 e. The third kappa shape index (κ3) is 2.71. The number of piperazine rings is 1. The van der Waals surface area contributed by atoms with E-state index in [2.05, 4.69) is 0 Å². The first-order valence-corrected chi connectivity index (χ1v) is 8.88. The summed E-state index contributed by atoms with van der Waals surface area (Å²) < 4.78 is 5.13. The van der Waals surface area contributed by atoms with Gasteiger partial charge >= 0.3 is 0 Å². The molecule has 0 aromatic carbocycles. The Morgan fingerprint density at radius 3 is 2.24 bits per heavy atom. The number of furan rings is 1. The number of amides is 2. The number of hydrogen-bond acceptors (Lipinski definition) is 5. The van der Waals surface area contributed by atoms with Crippen molar-refractivity contribution in [3.8, 4) is 0 Å². The fourth-order valence-corrected chi connectivity index (χ4v) is 4.88. The molecular formula is C18H21N2O5-. The van der Waals surface area contributed by atoms with E-state index in [4.69, 9.17) is 4.42 Å². The predicted octanol–water partition coefficient (Wildman–Crippen LogP) is -0.0238. The highest BCUT2D eigenvalue weighted by atomic mass is 16.4. The van der Waals surface area contributed by atoms with Gasteiger partial charge in [-0.05, 0) is 43.2 Å². The van der Waals surface area contributed by atoms with E-state index < -0.39 is 17.8 Å². The minimum Gasteiger partial charge on any atom is -0.550 e. The molecule has 4 atom stereocenters. The van der Waals surface area contributed by atoms with E-state index in [-0.39, 0.29) is 23.7 Å². The number of nitrogens with zero attached hydrogens (tertiary/aromatic N) is 2. The number of fused-ring (bicyclic) bond motifs is 2. The number of carboxylic acids is 1. The molecule has 1 saturated heterocycles. The highest BCUT2D eigenvalue weighted by Crippen LogP contribution is 2.52. The lowest BCUT2D eigenvalue weighted by Crippen LogP contribution is -2.54. The lowest BCUT2D eigenvalue weighted by atomic mass is 9.78. The number of carbonyl (C=O) groups excluding carboxylic acids is 3. The van der Waals surface area contributed by atoms with Gasteiger partial charge in [0.2, 0.25) is 5.91 Å². The van der Waals surface area contributed by atoms with Crippen molar-refractivity contribution in [2.75, 3.05) is 26.2 Å². The third-order valence-corrected chi connectivity index (χ3v) is 6.08. The van der Waals surface area contributed by atoms with Gasteiger partial charge in [0.15, 0.2) is 5.76 Å². The van der Waals surface area contributed by atoms with Crippen molar-refractivity contribution >= 4 is 17.8 Å². The van der Waals surface area contributed by atoms with Crippen molar-refractivity contribution in [3.05, 3.63) is 24.2 Å². The molecule has 2 heterocycles. The lowest BCUT2D eigenvalue weighted by molar-refractivity contribution is -0.314. The van der Waals surface area contributed by atoms with Gasteiger partial charge in [0, 0.05) is 44.0 Å². The summed E-state index contributed by atoms with van der Waals surface area (Å²) in [7, 11) is 0. The first kappa shape index (κ1) is 16.2. The second-order valence-electron chi connectivity index (χ2n) is 7.30. The van der Waals surface area contributed by atoms with Crippen LogP contribution in [0.1, 0.15) is 29.8 Å². The van der Waals surface area contributed by atoms with Gasteiger partial charge in [-0.3, -0.25) is 9.59 Å². The molecule has 1 aliphatic heterocycles. The van der Waals surface area contributed by atoms with E-state index in [0.717, 1.165) is 19.3 Å². The predicted molar refractivity (Wildman–Crippen MR) is 84.0 cm³/mol. The maximum Gasteiger partial charge on any atom is 0.289 e. The zero-order chi connectivity index (χ0) is 17.6. The van der Waals surface area contributed by atoms with Gasteiger partial charge in [-0.1, -0.05) is 0 Å². The van der Waals surface area contributed by atoms with Crippen molar-refractivity contribution in [2.45, 2.75) is 19.3 Å². The maximum atomic E-state index is 12.9. The molecule has 134 valence electrons. The van der Waals surface area contributed by atoms with Gasteiger partial charge in [0.25, 0.3) is 5.91 Å². The summed E-state index contributed by atoms with van der Waals surface area (Å²) in [5.41, 5.74) is 0. The summed E-state index contributed by atoms with van der Waals surface area (Å²) in [5.74, 6) is -1.88. The molecule has 2 aliphatic carbocycles. The van der Waals surface area contributed by atoms with Crippen molar-refractivity contribution in [2.24, 2.45) is 23.7 Å². The number of carbonyl (C=O) groups is 3. The fraction of sp³-hybridized carbons (Fsp3) is 0.611. The van der Waals surface area contributed by atoms with Crippen LogP contribution in [0.15, 0.2) is 22.8 Å². The molecule has 1 aromatic rings. The summed E-state index contributed by atoms with van der Waals surface area (Å²) >= 11 is 0. The Labute approximate surface area is 145 Å². The normalized spacial score (nSPS) is 31.4. The van der Waals surface area contributed by atoms with Crippen LogP contribution < -0.4 is 5.11 Å². The Morgan fingerprint density at radius 1 is 1.00 bits per heavy atom. The minimum absolute atomic E-state index is 0.0773. The van der Waals surface area contributed by atoms with Crippen LogP contribution >= 0.6 is 0 Å². The van der Waals surface area contributed by atoms with Crippen LogP contribution in [0.5, 0.6) is 0 Å². The lowest BCUT2D eigenvalue weighted by Gasteiger charge is -2.39. The van der Waals surface area contributed by atoms with Gasteiger partial charge in [-0.25, -0.2) is 0 Å². The molecule has 0 unspecified atom stereocenters. The molecule has 25 heavy (non-hydrogen) atoms. The summed E-state index contributed by atoms with van der Waals surface area (Å²) in [6.45, 7) is 1.72. The molecular weight excluding hydrogens is 324 g/mol. The van der Waals surface area contributed by atoms with Crippen LogP contribution in [-0.2, 0) is 9.59 Å². The molecule has 4 rings (SSSR count). The van der Waals surface area contributed by atoms with Crippen molar-refractivity contribution < 1.29 is 23.9 Å². The van der Waals surface area contributed by atoms with Crippen LogP contribution in [0.25, 0.3) is 0 Å². The first-order valence-electron chi connectivity index (χ1n) is 8.88. The Bertz CT molecular complexity index is 678. The van der Waals surface area contributed by atoms with Crippen LogP contribution in [0.4, 0.5) is 0 Å². The Hall–Kier alpha value is -2.31. The second-order valence-corrected chi connectivity index (χ2v) is 7.30. The molecule has 0 N–H and O–H groups in total. The van der Waals surface area contributed by atoms with Gasteiger partial charge < -0.3 is 24.1 Å². The minimum atomic E-state index is -1.09.